The molecular weight excluding hydrogens is 346 g/mol. The molecule has 0 bridgehead atoms. The molecule has 5 aromatic rings. The molecule has 0 saturated heterocycles. The predicted molar refractivity (Wildman–Crippen MR) is 107 cm³/mol. The molecule has 1 aromatic carbocycles. The fourth-order valence-corrected chi connectivity index (χ4v) is 4.71. The van der Waals surface area contributed by atoms with Crippen molar-refractivity contribution in [2.24, 2.45) is 0 Å². The highest BCUT2D eigenvalue weighted by atomic mass is 32.1. The number of aromatic nitrogens is 3. The van der Waals surface area contributed by atoms with Crippen LogP contribution in [-0.4, -0.2) is 15.0 Å². The first-order valence-corrected chi connectivity index (χ1v) is 9.82. The Morgan fingerprint density at radius 1 is 0.840 bits per heavy atom. The van der Waals surface area contributed by atoms with E-state index in [9.17, 15) is 0 Å². The van der Waals surface area contributed by atoms with E-state index in [1.54, 1.807) is 22.7 Å². The maximum absolute atomic E-state index is 5.00. The molecule has 0 aliphatic carbocycles. The molecule has 0 saturated carbocycles. The lowest BCUT2D eigenvalue weighted by atomic mass is 10.1. The van der Waals surface area contributed by atoms with Crippen LogP contribution >= 0.6 is 22.7 Å². The first-order chi connectivity index (χ1) is 12.3. The molecule has 5 rings (SSSR count). The molecule has 0 radical (unpaired) electrons. The Morgan fingerprint density at radius 2 is 1.60 bits per heavy atom. The summed E-state index contributed by atoms with van der Waals surface area (Å²) in [5.41, 5.74) is 5.54. The number of benzene rings is 1. The SMILES string of the molecule is Cc1[nH]c2ccccc2c1-c1nc(-c2cccs2)c(-c2cccs2)[nH]1. The van der Waals surface area contributed by atoms with Gasteiger partial charge in [0.25, 0.3) is 0 Å². The number of H-pyrrole nitrogens is 2. The Kier molecular flexibility index (Phi) is 3.36. The van der Waals surface area contributed by atoms with Gasteiger partial charge in [-0.05, 0) is 35.9 Å². The zero-order valence-electron chi connectivity index (χ0n) is 13.5. The van der Waals surface area contributed by atoms with E-state index in [2.05, 4.69) is 76.2 Å². The molecule has 0 spiro atoms. The number of nitrogens with zero attached hydrogens (tertiary/aromatic N) is 1. The smallest absolute Gasteiger partial charge is 0.141 e. The second-order valence-electron chi connectivity index (χ2n) is 5.93. The van der Waals surface area contributed by atoms with E-state index in [0.29, 0.717) is 0 Å². The van der Waals surface area contributed by atoms with Crippen molar-refractivity contribution in [3.8, 4) is 32.5 Å². The van der Waals surface area contributed by atoms with E-state index in [0.717, 1.165) is 34.0 Å². The Morgan fingerprint density at radius 3 is 2.36 bits per heavy atom. The van der Waals surface area contributed by atoms with Crippen LogP contribution in [0.2, 0.25) is 0 Å². The topological polar surface area (TPSA) is 44.5 Å². The van der Waals surface area contributed by atoms with Gasteiger partial charge in [0.1, 0.15) is 11.5 Å². The molecule has 2 N–H and O–H groups in total. The fourth-order valence-electron chi connectivity index (χ4n) is 3.26. The zero-order chi connectivity index (χ0) is 16.8. The van der Waals surface area contributed by atoms with Gasteiger partial charge >= 0.3 is 0 Å². The van der Waals surface area contributed by atoms with Crippen molar-refractivity contribution in [2.45, 2.75) is 6.92 Å². The molecule has 5 heteroatoms. The molecule has 0 aliphatic rings. The van der Waals surface area contributed by atoms with Crippen LogP contribution in [0, 0.1) is 6.92 Å². The van der Waals surface area contributed by atoms with Crippen molar-refractivity contribution in [1.29, 1.82) is 0 Å². The van der Waals surface area contributed by atoms with Gasteiger partial charge in [-0.25, -0.2) is 4.98 Å². The van der Waals surface area contributed by atoms with E-state index in [4.69, 9.17) is 4.98 Å². The van der Waals surface area contributed by atoms with Crippen LogP contribution in [0.5, 0.6) is 0 Å². The van der Waals surface area contributed by atoms with Crippen LogP contribution in [0.25, 0.3) is 43.4 Å². The number of imidazole rings is 1. The molecule has 4 aromatic heterocycles. The second kappa shape index (κ2) is 5.72. The van der Waals surface area contributed by atoms with Crippen LogP contribution in [0.3, 0.4) is 0 Å². The van der Waals surface area contributed by atoms with Crippen LogP contribution in [-0.2, 0) is 0 Å². The van der Waals surface area contributed by atoms with Gasteiger partial charge in [0, 0.05) is 22.2 Å². The normalized spacial score (nSPS) is 11.4. The second-order valence-corrected chi connectivity index (χ2v) is 7.83. The van der Waals surface area contributed by atoms with Gasteiger partial charge < -0.3 is 9.97 Å². The maximum atomic E-state index is 5.00. The predicted octanol–water partition coefficient (Wildman–Crippen LogP) is 6.32. The van der Waals surface area contributed by atoms with Gasteiger partial charge in [0.2, 0.25) is 0 Å². The van der Waals surface area contributed by atoms with Crippen LogP contribution in [0.4, 0.5) is 0 Å². The van der Waals surface area contributed by atoms with Crippen LogP contribution in [0.1, 0.15) is 5.69 Å². The molecule has 0 unspecified atom stereocenters. The Labute approximate surface area is 153 Å². The van der Waals surface area contributed by atoms with Gasteiger partial charge in [0.05, 0.1) is 15.4 Å². The average molecular weight is 361 g/mol. The van der Waals surface area contributed by atoms with Gasteiger partial charge in [0.15, 0.2) is 0 Å². The van der Waals surface area contributed by atoms with Crippen LogP contribution < -0.4 is 0 Å². The first-order valence-electron chi connectivity index (χ1n) is 8.06. The van der Waals surface area contributed by atoms with Crippen LogP contribution in [0.15, 0.2) is 59.3 Å². The van der Waals surface area contributed by atoms with E-state index in [1.807, 2.05) is 0 Å². The monoisotopic (exact) mass is 361 g/mol. The van der Waals surface area contributed by atoms with Gasteiger partial charge in [-0.1, -0.05) is 30.3 Å². The molecule has 3 nitrogen and oxygen atoms in total. The van der Waals surface area contributed by atoms with E-state index >= 15 is 0 Å². The third-order valence-corrected chi connectivity index (χ3v) is 6.12. The van der Waals surface area contributed by atoms with Crippen molar-refractivity contribution < 1.29 is 0 Å². The molecule has 0 aliphatic heterocycles. The molecule has 122 valence electrons. The average Bonchev–Trinajstić information content (AvgIpc) is 3.38. The number of rotatable bonds is 3. The summed E-state index contributed by atoms with van der Waals surface area (Å²) in [5, 5.41) is 5.40. The zero-order valence-corrected chi connectivity index (χ0v) is 15.2. The number of hydrogen-bond donors (Lipinski definition) is 2. The third-order valence-electron chi connectivity index (χ3n) is 4.36. The molecule has 25 heavy (non-hydrogen) atoms. The summed E-state index contributed by atoms with van der Waals surface area (Å²) < 4.78 is 0. The summed E-state index contributed by atoms with van der Waals surface area (Å²) in [6, 6.07) is 16.8. The van der Waals surface area contributed by atoms with Crippen molar-refractivity contribution in [3.63, 3.8) is 0 Å². The Bertz CT molecular complexity index is 1090. The number of nitrogens with one attached hydrogen (secondary N) is 2. The number of para-hydroxylation sites is 1. The number of aromatic amines is 2. The lowest BCUT2D eigenvalue weighted by molar-refractivity contribution is 1.25. The highest BCUT2D eigenvalue weighted by Crippen LogP contribution is 2.39. The Hall–Kier alpha value is -2.63. The molecular formula is C20H15N3S2. The van der Waals surface area contributed by atoms with E-state index < -0.39 is 0 Å². The van der Waals surface area contributed by atoms with Crippen molar-refractivity contribution in [3.05, 3.63) is 65.0 Å². The summed E-state index contributed by atoms with van der Waals surface area (Å²) >= 11 is 3.45. The Balaban J connectivity index is 1.78. The number of fused-ring (bicyclic) bond motifs is 1. The van der Waals surface area contributed by atoms with Crippen molar-refractivity contribution in [1.82, 2.24) is 15.0 Å². The maximum Gasteiger partial charge on any atom is 0.141 e. The first kappa shape index (κ1) is 14.7. The molecule has 4 heterocycles. The molecule has 0 atom stereocenters. The number of thiophene rings is 2. The summed E-state index contributed by atoms with van der Waals surface area (Å²) in [6.45, 7) is 2.10. The van der Waals surface area contributed by atoms with Gasteiger partial charge in [-0.15, -0.1) is 22.7 Å². The van der Waals surface area contributed by atoms with E-state index in [1.165, 1.54) is 15.1 Å². The quantitative estimate of drug-likeness (QED) is 0.388. The summed E-state index contributed by atoms with van der Waals surface area (Å²) in [4.78, 5) is 14.5. The van der Waals surface area contributed by atoms with Gasteiger partial charge in [-0.2, -0.15) is 0 Å². The van der Waals surface area contributed by atoms with E-state index in [-0.39, 0.29) is 0 Å². The number of aryl methyl sites for hydroxylation is 1. The fraction of sp³-hybridized carbons (Fsp3) is 0.0500. The number of hydrogen-bond acceptors (Lipinski definition) is 3. The summed E-state index contributed by atoms with van der Waals surface area (Å²) in [7, 11) is 0. The third kappa shape index (κ3) is 2.35. The largest absolute Gasteiger partial charge is 0.358 e. The minimum absolute atomic E-state index is 0.918. The molecule has 0 fully saturated rings. The van der Waals surface area contributed by atoms with Crippen molar-refractivity contribution >= 4 is 33.6 Å². The summed E-state index contributed by atoms with van der Waals surface area (Å²) in [6.07, 6.45) is 0. The highest BCUT2D eigenvalue weighted by molar-refractivity contribution is 7.14. The lowest BCUT2D eigenvalue weighted by Crippen LogP contribution is -1.82. The lowest BCUT2D eigenvalue weighted by Gasteiger charge is -1.97. The standard InChI is InChI=1S/C20H15N3S2/c1-12-17(13-6-2-3-7-14(13)21-12)20-22-18(15-8-4-10-24-15)19(23-20)16-9-5-11-25-16/h2-11,21H,1H3,(H,22,23). The minimum atomic E-state index is 0.918. The van der Waals surface area contributed by atoms with Gasteiger partial charge in [-0.3, -0.25) is 0 Å². The summed E-state index contributed by atoms with van der Waals surface area (Å²) in [5.74, 6) is 0.918. The minimum Gasteiger partial charge on any atom is -0.358 e. The highest BCUT2D eigenvalue weighted by Gasteiger charge is 2.19. The molecule has 0 amide bonds. The van der Waals surface area contributed by atoms with Crippen molar-refractivity contribution in [2.75, 3.05) is 0 Å².